The molecule has 1 unspecified atom stereocenters. The van der Waals surface area contributed by atoms with Crippen molar-refractivity contribution in [1.29, 1.82) is 0 Å². The molecule has 0 aromatic rings. The molecule has 1 aliphatic heterocycles. The van der Waals surface area contributed by atoms with Crippen LogP contribution in [0.3, 0.4) is 0 Å². The van der Waals surface area contributed by atoms with Gasteiger partial charge in [-0.05, 0) is 6.92 Å². The molecule has 1 aliphatic rings. The average molecular weight is 187 g/mol. The van der Waals surface area contributed by atoms with E-state index in [1.807, 2.05) is 0 Å². The lowest BCUT2D eigenvalue weighted by atomic mass is 10.1. The summed E-state index contributed by atoms with van der Waals surface area (Å²) in [5, 5.41) is 8.76. The zero-order valence-corrected chi connectivity index (χ0v) is 7.69. The number of hydrogen-bond acceptors (Lipinski definition) is 3. The van der Waals surface area contributed by atoms with Crippen LogP contribution in [0.4, 0.5) is 4.79 Å². The summed E-state index contributed by atoms with van der Waals surface area (Å²) in [6.07, 6.45) is -0.734. The lowest BCUT2D eigenvalue weighted by Gasteiger charge is -2.17. The van der Waals surface area contributed by atoms with E-state index < -0.39 is 12.1 Å². The number of rotatable bonds is 2. The van der Waals surface area contributed by atoms with Crippen molar-refractivity contribution >= 4 is 11.9 Å². The molecule has 0 saturated carbocycles. The predicted octanol–water partition coefficient (Wildman–Crippen LogP) is 0.343. The fourth-order valence-electron chi connectivity index (χ4n) is 1.57. The number of ether oxygens (including phenoxy) is 1. The zero-order chi connectivity index (χ0) is 10.0. The Morgan fingerprint density at radius 3 is 2.46 bits per heavy atom. The van der Waals surface area contributed by atoms with Crippen LogP contribution < -0.4 is 0 Å². The van der Waals surface area contributed by atoms with Gasteiger partial charge in [-0.15, -0.1) is 0 Å². The van der Waals surface area contributed by atoms with Crippen LogP contribution in [0.15, 0.2) is 0 Å². The van der Waals surface area contributed by atoms with Crippen molar-refractivity contribution in [2.24, 2.45) is 0 Å². The Kier molecular flexibility index (Phi) is 2.87. The van der Waals surface area contributed by atoms with Crippen molar-refractivity contribution in [2.75, 3.05) is 13.7 Å². The third kappa shape index (κ3) is 1.98. The number of nitrogens with zero attached hydrogens (tertiary/aromatic N) is 1. The third-order valence-corrected chi connectivity index (χ3v) is 2.31. The van der Waals surface area contributed by atoms with Gasteiger partial charge in [-0.3, -0.25) is 9.69 Å². The summed E-state index contributed by atoms with van der Waals surface area (Å²) in [6, 6.07) is -0.526. The van der Waals surface area contributed by atoms with Crippen molar-refractivity contribution in [3.05, 3.63) is 0 Å². The van der Waals surface area contributed by atoms with E-state index in [9.17, 15) is 9.59 Å². The maximum Gasteiger partial charge on any atom is 0.408 e. The first kappa shape index (κ1) is 9.98. The highest BCUT2D eigenvalue weighted by Gasteiger charge is 2.37. The molecular formula is C8H13NO4. The third-order valence-electron chi connectivity index (χ3n) is 2.31. The number of ketones is 1. The van der Waals surface area contributed by atoms with Crippen LogP contribution in [0.5, 0.6) is 0 Å². The van der Waals surface area contributed by atoms with Gasteiger partial charge in [0.25, 0.3) is 0 Å². The Hall–Kier alpha value is -1.10. The topological polar surface area (TPSA) is 66.8 Å². The van der Waals surface area contributed by atoms with Crippen molar-refractivity contribution in [2.45, 2.75) is 25.5 Å². The fourth-order valence-corrected chi connectivity index (χ4v) is 1.57. The summed E-state index contributed by atoms with van der Waals surface area (Å²) in [4.78, 5) is 22.9. The van der Waals surface area contributed by atoms with E-state index in [2.05, 4.69) is 0 Å². The lowest BCUT2D eigenvalue weighted by Crippen LogP contribution is -2.38. The quantitative estimate of drug-likeness (QED) is 0.677. The molecule has 2 atom stereocenters. The second-order valence-corrected chi connectivity index (χ2v) is 3.15. The first-order valence-electron chi connectivity index (χ1n) is 4.09. The standard InChI is InChI=1S/C8H13NO4/c1-5(10)7-3-6(13-2)4-9(7)8(11)12/h6-7H,3-4H2,1-2H3,(H,11,12)/t6-,7?/m1/s1. The molecule has 13 heavy (non-hydrogen) atoms. The van der Waals surface area contributed by atoms with Gasteiger partial charge in [0.1, 0.15) is 0 Å². The Morgan fingerprint density at radius 2 is 2.15 bits per heavy atom. The zero-order valence-electron chi connectivity index (χ0n) is 7.69. The number of amides is 1. The molecule has 1 heterocycles. The minimum Gasteiger partial charge on any atom is -0.465 e. The van der Waals surface area contributed by atoms with Gasteiger partial charge in [-0.2, -0.15) is 0 Å². The highest BCUT2D eigenvalue weighted by atomic mass is 16.5. The summed E-state index contributed by atoms with van der Waals surface area (Å²) in [5.74, 6) is -0.123. The SMILES string of the molecule is CO[C@@H]1CC(C(C)=O)N(C(=O)O)C1. The van der Waals surface area contributed by atoms with E-state index in [0.717, 1.165) is 4.90 Å². The first-order valence-corrected chi connectivity index (χ1v) is 4.09. The van der Waals surface area contributed by atoms with Crippen LogP contribution in [0.2, 0.25) is 0 Å². The minimum absolute atomic E-state index is 0.123. The molecule has 0 radical (unpaired) electrons. The molecule has 74 valence electrons. The van der Waals surface area contributed by atoms with Crippen LogP contribution in [-0.2, 0) is 9.53 Å². The van der Waals surface area contributed by atoms with Crippen molar-refractivity contribution in [1.82, 2.24) is 4.90 Å². The second-order valence-electron chi connectivity index (χ2n) is 3.15. The summed E-state index contributed by atoms with van der Waals surface area (Å²) >= 11 is 0. The van der Waals surface area contributed by atoms with Crippen LogP contribution in [0.1, 0.15) is 13.3 Å². The van der Waals surface area contributed by atoms with E-state index in [0.29, 0.717) is 6.42 Å². The summed E-state index contributed by atoms with van der Waals surface area (Å²) in [6.45, 7) is 1.69. The number of hydrogen-bond donors (Lipinski definition) is 1. The van der Waals surface area contributed by atoms with Crippen LogP contribution >= 0.6 is 0 Å². The van der Waals surface area contributed by atoms with E-state index in [4.69, 9.17) is 9.84 Å². The smallest absolute Gasteiger partial charge is 0.408 e. The van der Waals surface area contributed by atoms with Crippen LogP contribution in [0.25, 0.3) is 0 Å². The maximum atomic E-state index is 11.1. The highest BCUT2D eigenvalue weighted by molar-refractivity contribution is 5.85. The summed E-state index contributed by atoms with van der Waals surface area (Å²) < 4.78 is 5.01. The average Bonchev–Trinajstić information content (AvgIpc) is 2.47. The molecule has 0 spiro atoms. The van der Waals surface area contributed by atoms with Gasteiger partial charge in [0.05, 0.1) is 18.7 Å². The monoisotopic (exact) mass is 187 g/mol. The first-order chi connectivity index (χ1) is 6.06. The number of carbonyl (C=O) groups excluding carboxylic acids is 1. The summed E-state index contributed by atoms with van der Waals surface area (Å²) in [5.41, 5.74) is 0. The van der Waals surface area contributed by atoms with Crippen LogP contribution in [-0.4, -0.2) is 47.7 Å². The van der Waals surface area contributed by atoms with Gasteiger partial charge >= 0.3 is 6.09 Å². The highest BCUT2D eigenvalue weighted by Crippen LogP contribution is 2.20. The van der Waals surface area contributed by atoms with Gasteiger partial charge in [-0.25, -0.2) is 4.79 Å². The minimum atomic E-state index is -1.06. The van der Waals surface area contributed by atoms with Gasteiger partial charge in [0, 0.05) is 13.5 Å². The summed E-state index contributed by atoms with van der Waals surface area (Å²) in [7, 11) is 1.52. The molecule has 0 aromatic heterocycles. The molecule has 1 N–H and O–H groups in total. The Bertz CT molecular complexity index is 206. The van der Waals surface area contributed by atoms with Gasteiger partial charge in [0.2, 0.25) is 0 Å². The number of likely N-dealkylation sites (tertiary alicyclic amines) is 1. The molecular weight excluding hydrogens is 174 g/mol. The Balaban J connectivity index is 2.71. The van der Waals surface area contributed by atoms with E-state index in [-0.39, 0.29) is 18.4 Å². The van der Waals surface area contributed by atoms with Gasteiger partial charge < -0.3 is 9.84 Å². The lowest BCUT2D eigenvalue weighted by molar-refractivity contribution is -0.120. The molecule has 1 fully saturated rings. The molecule has 1 saturated heterocycles. The Morgan fingerprint density at radius 1 is 1.54 bits per heavy atom. The Labute approximate surface area is 76.3 Å². The maximum absolute atomic E-state index is 11.1. The molecule has 0 aliphatic carbocycles. The van der Waals surface area contributed by atoms with Gasteiger partial charge in [-0.1, -0.05) is 0 Å². The van der Waals surface area contributed by atoms with Gasteiger partial charge in [0.15, 0.2) is 5.78 Å². The molecule has 0 aromatic carbocycles. The largest absolute Gasteiger partial charge is 0.465 e. The fraction of sp³-hybridized carbons (Fsp3) is 0.750. The van der Waals surface area contributed by atoms with Crippen molar-refractivity contribution < 1.29 is 19.4 Å². The molecule has 5 nitrogen and oxygen atoms in total. The number of carbonyl (C=O) groups is 2. The molecule has 1 amide bonds. The molecule has 5 heteroatoms. The van der Waals surface area contributed by atoms with Crippen molar-refractivity contribution in [3.63, 3.8) is 0 Å². The number of methoxy groups -OCH3 is 1. The number of carboxylic acid groups (broad SMARTS) is 1. The second kappa shape index (κ2) is 3.74. The number of Topliss-reactive ketones (excluding diaryl/α,β-unsaturated/α-hetero) is 1. The molecule has 1 rings (SSSR count). The van der Waals surface area contributed by atoms with E-state index in [1.54, 1.807) is 0 Å². The molecule has 0 bridgehead atoms. The van der Waals surface area contributed by atoms with E-state index in [1.165, 1.54) is 14.0 Å². The predicted molar refractivity (Wildman–Crippen MR) is 44.6 cm³/mol. The van der Waals surface area contributed by atoms with E-state index >= 15 is 0 Å². The van der Waals surface area contributed by atoms with Crippen molar-refractivity contribution in [3.8, 4) is 0 Å². The normalized spacial score (nSPS) is 27.7. The van der Waals surface area contributed by atoms with Crippen LogP contribution in [0, 0.1) is 0 Å².